The Kier molecular flexibility index (Phi) is 6.63. The Bertz CT molecular complexity index is 1020. The molecule has 0 atom stereocenters. The molecule has 0 heterocycles. The quantitative estimate of drug-likeness (QED) is 0.454. The molecule has 2 aromatic carbocycles. The first kappa shape index (κ1) is 21.4. The van der Waals surface area contributed by atoms with Gasteiger partial charge in [-0.15, -0.1) is 0 Å². The second kappa shape index (κ2) is 9.00. The second-order valence-corrected chi connectivity index (χ2v) is 8.96. The van der Waals surface area contributed by atoms with Gasteiger partial charge in [0.2, 0.25) is 10.0 Å². The number of carbonyl (C=O) groups excluding carboxylic acids is 2. The molecule has 1 saturated carbocycles. The molecule has 3 rings (SSSR count). The molecule has 8 nitrogen and oxygen atoms in total. The lowest BCUT2D eigenvalue weighted by atomic mass is 10.2. The van der Waals surface area contributed by atoms with Crippen molar-refractivity contribution in [2.24, 2.45) is 0 Å². The van der Waals surface area contributed by atoms with Gasteiger partial charge in [0.05, 0.1) is 27.7 Å². The van der Waals surface area contributed by atoms with E-state index in [1.54, 1.807) is 0 Å². The lowest BCUT2D eigenvalue weighted by Crippen LogP contribution is -2.39. The summed E-state index contributed by atoms with van der Waals surface area (Å²) < 4.78 is 26.8. The van der Waals surface area contributed by atoms with Crippen molar-refractivity contribution in [3.8, 4) is 0 Å². The predicted molar refractivity (Wildman–Crippen MR) is 110 cm³/mol. The van der Waals surface area contributed by atoms with E-state index in [-0.39, 0.29) is 28.1 Å². The fourth-order valence-corrected chi connectivity index (χ4v) is 4.12. The molecule has 29 heavy (non-hydrogen) atoms. The Balaban J connectivity index is 1.47. The van der Waals surface area contributed by atoms with E-state index in [0.29, 0.717) is 10.7 Å². The van der Waals surface area contributed by atoms with Crippen molar-refractivity contribution in [2.75, 3.05) is 12.0 Å². The number of hydrazine groups is 1. The molecule has 1 fully saturated rings. The summed E-state index contributed by atoms with van der Waals surface area (Å²) in [6, 6.07) is 10.4. The number of benzene rings is 2. The van der Waals surface area contributed by atoms with Crippen LogP contribution in [0.2, 0.25) is 10.0 Å². The van der Waals surface area contributed by atoms with Crippen LogP contribution in [0.1, 0.15) is 23.2 Å². The molecule has 0 spiro atoms. The molecule has 0 aliphatic heterocycles. The van der Waals surface area contributed by atoms with Crippen LogP contribution in [0.15, 0.2) is 47.4 Å². The first-order chi connectivity index (χ1) is 13.7. The van der Waals surface area contributed by atoms with Gasteiger partial charge in [0.25, 0.3) is 11.8 Å². The number of amides is 2. The van der Waals surface area contributed by atoms with Crippen molar-refractivity contribution in [3.63, 3.8) is 0 Å². The van der Waals surface area contributed by atoms with Gasteiger partial charge < -0.3 is 5.32 Å². The van der Waals surface area contributed by atoms with Gasteiger partial charge >= 0.3 is 0 Å². The topological polar surface area (TPSA) is 116 Å². The van der Waals surface area contributed by atoms with E-state index in [1.165, 1.54) is 42.5 Å². The molecule has 2 amide bonds. The molecule has 1 aliphatic rings. The number of sulfonamides is 1. The smallest absolute Gasteiger partial charge is 0.257 e. The van der Waals surface area contributed by atoms with E-state index in [9.17, 15) is 18.0 Å². The van der Waals surface area contributed by atoms with Gasteiger partial charge in [0.1, 0.15) is 0 Å². The third-order valence-electron chi connectivity index (χ3n) is 4.00. The van der Waals surface area contributed by atoms with E-state index in [2.05, 4.69) is 20.9 Å². The predicted octanol–water partition coefficient (Wildman–Crippen LogP) is 2.31. The van der Waals surface area contributed by atoms with Crippen LogP contribution < -0.4 is 20.9 Å². The molecule has 0 bridgehead atoms. The summed E-state index contributed by atoms with van der Waals surface area (Å²) in [5.74, 6) is -1.02. The van der Waals surface area contributed by atoms with Gasteiger partial charge in [-0.1, -0.05) is 23.2 Å². The normalized spacial score (nSPS) is 13.6. The van der Waals surface area contributed by atoms with Crippen LogP contribution >= 0.6 is 23.2 Å². The highest BCUT2D eigenvalue weighted by Crippen LogP contribution is 2.23. The fraction of sp³-hybridized carbons (Fsp3) is 0.222. The van der Waals surface area contributed by atoms with Crippen LogP contribution in [0.4, 0.5) is 5.69 Å². The molecular weight excluding hydrogens is 439 g/mol. The van der Waals surface area contributed by atoms with Gasteiger partial charge in [-0.3, -0.25) is 20.4 Å². The van der Waals surface area contributed by atoms with E-state index in [4.69, 9.17) is 23.2 Å². The highest BCUT2D eigenvalue weighted by molar-refractivity contribution is 7.89. The molecule has 4 N–H and O–H groups in total. The summed E-state index contributed by atoms with van der Waals surface area (Å²) in [6.45, 7) is -0.289. The fourth-order valence-electron chi connectivity index (χ4n) is 2.32. The highest BCUT2D eigenvalue weighted by Gasteiger charge is 2.27. The number of rotatable bonds is 8. The van der Waals surface area contributed by atoms with Crippen molar-refractivity contribution < 1.29 is 18.0 Å². The third-order valence-corrected chi connectivity index (χ3v) is 6.08. The number of carbonyl (C=O) groups is 2. The largest absolute Gasteiger partial charge is 0.343 e. The minimum absolute atomic E-state index is 0.0232. The van der Waals surface area contributed by atoms with Crippen LogP contribution in [-0.4, -0.2) is 32.8 Å². The zero-order valence-corrected chi connectivity index (χ0v) is 17.4. The average molecular weight is 457 g/mol. The van der Waals surface area contributed by atoms with Crippen LogP contribution in [-0.2, 0) is 14.8 Å². The van der Waals surface area contributed by atoms with Gasteiger partial charge in [-0.05, 0) is 55.3 Å². The summed E-state index contributed by atoms with van der Waals surface area (Å²) in [5, 5.41) is 3.02. The Labute approximate surface area is 178 Å². The summed E-state index contributed by atoms with van der Waals surface area (Å²) in [7, 11) is -3.53. The van der Waals surface area contributed by atoms with E-state index >= 15 is 0 Å². The molecular formula is C18H18Cl2N4O4S. The lowest BCUT2D eigenvalue weighted by molar-refractivity contribution is -0.119. The molecule has 11 heteroatoms. The van der Waals surface area contributed by atoms with Crippen molar-refractivity contribution in [2.45, 2.75) is 23.8 Å². The van der Waals surface area contributed by atoms with E-state index < -0.39 is 21.8 Å². The van der Waals surface area contributed by atoms with Crippen LogP contribution in [0, 0.1) is 0 Å². The van der Waals surface area contributed by atoms with Crippen LogP contribution in [0.25, 0.3) is 0 Å². The summed E-state index contributed by atoms with van der Waals surface area (Å²) in [4.78, 5) is 24.1. The molecule has 154 valence electrons. The summed E-state index contributed by atoms with van der Waals surface area (Å²) >= 11 is 11.7. The first-order valence-electron chi connectivity index (χ1n) is 8.65. The summed E-state index contributed by atoms with van der Waals surface area (Å²) in [6.07, 6.45) is 1.71. The third kappa shape index (κ3) is 6.07. The van der Waals surface area contributed by atoms with E-state index in [1.807, 2.05) is 0 Å². The maximum atomic E-state index is 12.1. The van der Waals surface area contributed by atoms with E-state index in [0.717, 1.165) is 12.8 Å². The van der Waals surface area contributed by atoms with Gasteiger partial charge in [-0.25, -0.2) is 13.1 Å². The molecule has 0 unspecified atom stereocenters. The van der Waals surface area contributed by atoms with Crippen molar-refractivity contribution in [3.05, 3.63) is 58.1 Å². The molecule has 1 aliphatic carbocycles. The lowest BCUT2D eigenvalue weighted by Gasteiger charge is -2.11. The number of halogens is 2. The maximum Gasteiger partial charge on any atom is 0.257 e. The first-order valence-corrected chi connectivity index (χ1v) is 10.9. The van der Waals surface area contributed by atoms with Crippen molar-refractivity contribution in [1.82, 2.24) is 15.5 Å². The second-order valence-electron chi connectivity index (χ2n) is 6.40. The number of nitrogens with one attached hydrogen (secondary N) is 4. The Morgan fingerprint density at radius 1 is 1.03 bits per heavy atom. The molecule has 0 aromatic heterocycles. The zero-order valence-electron chi connectivity index (χ0n) is 15.0. The molecule has 0 radical (unpaired) electrons. The number of hydrogen-bond donors (Lipinski definition) is 4. The van der Waals surface area contributed by atoms with Gasteiger partial charge in [0.15, 0.2) is 0 Å². The Morgan fingerprint density at radius 2 is 1.72 bits per heavy atom. The standard InChI is InChI=1S/C18H18Cl2N4O4S/c19-11-1-8-15(16(20)9-11)18(26)21-10-17(25)23-22-12-4-6-14(7-5-12)29(27,28)24-13-2-3-13/h1,4-9,13,22,24H,2-3,10H2,(H,21,26)(H,23,25). The van der Waals surface area contributed by atoms with Crippen molar-refractivity contribution in [1.29, 1.82) is 0 Å². The minimum Gasteiger partial charge on any atom is -0.343 e. The van der Waals surface area contributed by atoms with Crippen LogP contribution in [0.5, 0.6) is 0 Å². The van der Waals surface area contributed by atoms with Gasteiger partial charge in [-0.2, -0.15) is 0 Å². The van der Waals surface area contributed by atoms with Crippen LogP contribution in [0.3, 0.4) is 0 Å². The Morgan fingerprint density at radius 3 is 2.34 bits per heavy atom. The Hall–Kier alpha value is -2.33. The van der Waals surface area contributed by atoms with Gasteiger partial charge in [0, 0.05) is 11.1 Å². The van der Waals surface area contributed by atoms with Crippen molar-refractivity contribution >= 4 is 50.7 Å². The number of anilines is 1. The highest BCUT2D eigenvalue weighted by atomic mass is 35.5. The maximum absolute atomic E-state index is 12.1. The minimum atomic E-state index is -3.53. The number of hydrogen-bond acceptors (Lipinski definition) is 5. The SMILES string of the molecule is O=C(CNC(=O)c1ccc(Cl)cc1Cl)NNc1ccc(S(=O)(=O)NC2CC2)cc1. The molecule has 2 aromatic rings. The summed E-state index contributed by atoms with van der Waals surface area (Å²) in [5.41, 5.74) is 5.74. The average Bonchev–Trinajstić information content (AvgIpc) is 3.48. The zero-order chi connectivity index (χ0) is 21.0. The molecule has 0 saturated heterocycles. The monoisotopic (exact) mass is 456 g/mol.